The number of amides is 3. The number of fused-ring (bicyclic) bond motifs is 1. The topological polar surface area (TPSA) is 90.5 Å². The Morgan fingerprint density at radius 3 is 2.15 bits per heavy atom. The normalized spacial score (nSPS) is 15.8. The average Bonchev–Trinajstić information content (AvgIpc) is 3.08. The van der Waals surface area contributed by atoms with Crippen molar-refractivity contribution in [2.45, 2.75) is 19.0 Å². The van der Waals surface area contributed by atoms with E-state index >= 15 is 0 Å². The van der Waals surface area contributed by atoms with Crippen molar-refractivity contribution < 1.29 is 9.59 Å². The van der Waals surface area contributed by atoms with Gasteiger partial charge >= 0.3 is 6.03 Å². The van der Waals surface area contributed by atoms with Crippen molar-refractivity contribution in [1.82, 2.24) is 4.90 Å². The Kier molecular flexibility index (Phi) is 5.55. The van der Waals surface area contributed by atoms with Gasteiger partial charge in [0.15, 0.2) is 0 Å². The molecule has 0 radical (unpaired) electrons. The van der Waals surface area contributed by atoms with E-state index in [4.69, 9.17) is 11.1 Å². The van der Waals surface area contributed by atoms with Crippen LogP contribution in [0, 0.1) is 5.41 Å². The molecule has 1 aliphatic heterocycles. The van der Waals surface area contributed by atoms with Crippen molar-refractivity contribution in [3.05, 3.63) is 114 Å². The first-order chi connectivity index (χ1) is 16.5. The van der Waals surface area contributed by atoms with Crippen molar-refractivity contribution in [3.63, 3.8) is 0 Å². The monoisotopic (exact) mass is 448 g/mol. The van der Waals surface area contributed by atoms with Crippen molar-refractivity contribution in [3.8, 4) is 0 Å². The lowest BCUT2D eigenvalue weighted by Gasteiger charge is -2.22. The maximum absolute atomic E-state index is 13.5. The number of carbonyl (C=O) groups is 2. The molecule has 6 nitrogen and oxygen atoms in total. The summed E-state index contributed by atoms with van der Waals surface area (Å²) in [5.41, 5.74) is 8.62. The largest absolute Gasteiger partial charge is 0.384 e. The van der Waals surface area contributed by atoms with Crippen LogP contribution in [-0.2, 0) is 17.8 Å². The number of amidine groups is 1. The van der Waals surface area contributed by atoms with Crippen LogP contribution < -0.4 is 10.6 Å². The predicted octanol–water partition coefficient (Wildman–Crippen LogP) is 4.70. The number of urea groups is 1. The van der Waals surface area contributed by atoms with E-state index in [9.17, 15) is 9.59 Å². The maximum atomic E-state index is 13.5. The second kappa shape index (κ2) is 8.83. The van der Waals surface area contributed by atoms with Gasteiger partial charge in [-0.15, -0.1) is 0 Å². The molecule has 0 saturated carbocycles. The highest BCUT2D eigenvalue weighted by Gasteiger charge is 2.45. The quantitative estimate of drug-likeness (QED) is 0.254. The molecule has 1 heterocycles. The standard InChI is InChI=1S/C28H24N4O2/c29-26(30)22-14-10-19(11-15-22)17-25-27(33)32(24-8-2-1-3-9-24)28(34)31(25)18-20-12-13-21-6-4-5-7-23(21)16-20/h1-16,25H,17-18H2,(H3,29,30)/t25-/m0/s1. The minimum Gasteiger partial charge on any atom is -0.384 e. The summed E-state index contributed by atoms with van der Waals surface area (Å²) in [6, 6.07) is 29.5. The summed E-state index contributed by atoms with van der Waals surface area (Å²) in [4.78, 5) is 30.0. The number of imide groups is 1. The number of rotatable bonds is 6. The van der Waals surface area contributed by atoms with Crippen LogP contribution >= 0.6 is 0 Å². The number of carbonyl (C=O) groups excluding carboxylic acids is 2. The highest BCUT2D eigenvalue weighted by Crippen LogP contribution is 2.29. The van der Waals surface area contributed by atoms with Crippen LogP contribution in [0.15, 0.2) is 97.1 Å². The minimum atomic E-state index is -0.637. The summed E-state index contributed by atoms with van der Waals surface area (Å²) < 4.78 is 0. The van der Waals surface area contributed by atoms with E-state index < -0.39 is 6.04 Å². The van der Waals surface area contributed by atoms with E-state index in [-0.39, 0.29) is 17.8 Å². The smallest absolute Gasteiger partial charge is 0.332 e. The number of nitrogens with one attached hydrogen (secondary N) is 1. The van der Waals surface area contributed by atoms with Gasteiger partial charge in [0.25, 0.3) is 5.91 Å². The summed E-state index contributed by atoms with van der Waals surface area (Å²) in [6.45, 7) is 0.328. The first kappa shape index (κ1) is 21.4. The molecule has 34 heavy (non-hydrogen) atoms. The van der Waals surface area contributed by atoms with E-state index in [1.165, 1.54) is 4.90 Å². The van der Waals surface area contributed by atoms with Gasteiger partial charge in [-0.25, -0.2) is 9.69 Å². The van der Waals surface area contributed by atoms with Crippen LogP contribution in [-0.4, -0.2) is 28.7 Å². The summed E-state index contributed by atoms with van der Waals surface area (Å²) >= 11 is 0. The van der Waals surface area contributed by atoms with Crippen LogP contribution in [0.25, 0.3) is 10.8 Å². The molecule has 6 heteroatoms. The van der Waals surface area contributed by atoms with Gasteiger partial charge in [-0.3, -0.25) is 10.2 Å². The molecular weight excluding hydrogens is 424 g/mol. The van der Waals surface area contributed by atoms with Crippen LogP contribution in [0.2, 0.25) is 0 Å². The summed E-state index contributed by atoms with van der Waals surface area (Å²) in [7, 11) is 0. The first-order valence-electron chi connectivity index (χ1n) is 11.1. The van der Waals surface area contributed by atoms with Gasteiger partial charge in [-0.05, 0) is 40.1 Å². The number of hydrogen-bond donors (Lipinski definition) is 2. The van der Waals surface area contributed by atoms with Gasteiger partial charge in [0.1, 0.15) is 11.9 Å². The molecule has 0 unspecified atom stereocenters. The fourth-order valence-electron chi connectivity index (χ4n) is 4.41. The van der Waals surface area contributed by atoms with Gasteiger partial charge in [-0.1, -0.05) is 78.9 Å². The van der Waals surface area contributed by atoms with E-state index in [0.717, 1.165) is 21.9 Å². The van der Waals surface area contributed by atoms with Gasteiger partial charge in [0.05, 0.1) is 5.69 Å². The Bertz CT molecular complexity index is 1380. The van der Waals surface area contributed by atoms with Crippen molar-refractivity contribution in [1.29, 1.82) is 5.41 Å². The fraction of sp³-hybridized carbons (Fsp3) is 0.107. The number of nitrogens with two attached hydrogens (primary N) is 1. The number of hydrogen-bond acceptors (Lipinski definition) is 3. The molecule has 1 saturated heterocycles. The van der Waals surface area contributed by atoms with E-state index in [0.29, 0.717) is 24.2 Å². The Hall–Kier alpha value is -4.45. The number of nitrogens with zero attached hydrogens (tertiary/aromatic N) is 2. The molecule has 4 aromatic carbocycles. The molecule has 3 amide bonds. The van der Waals surface area contributed by atoms with Crippen LogP contribution in [0.3, 0.4) is 0 Å². The van der Waals surface area contributed by atoms with Crippen LogP contribution in [0.4, 0.5) is 10.5 Å². The molecule has 0 aromatic heterocycles. The second-order valence-electron chi connectivity index (χ2n) is 8.43. The second-order valence-corrected chi connectivity index (χ2v) is 8.43. The highest BCUT2D eigenvalue weighted by molar-refractivity contribution is 6.21. The number of anilines is 1. The molecule has 1 aliphatic rings. The molecule has 3 N–H and O–H groups in total. The molecule has 1 fully saturated rings. The zero-order valence-corrected chi connectivity index (χ0v) is 18.5. The zero-order valence-electron chi connectivity index (χ0n) is 18.5. The van der Waals surface area contributed by atoms with Crippen LogP contribution in [0.5, 0.6) is 0 Å². The Morgan fingerprint density at radius 2 is 1.44 bits per heavy atom. The molecule has 0 spiro atoms. The van der Waals surface area contributed by atoms with Crippen molar-refractivity contribution in [2.24, 2.45) is 5.73 Å². The lowest BCUT2D eigenvalue weighted by Crippen LogP contribution is -2.36. The van der Waals surface area contributed by atoms with E-state index in [1.54, 1.807) is 29.2 Å². The summed E-state index contributed by atoms with van der Waals surface area (Å²) in [5, 5.41) is 9.81. The third kappa shape index (κ3) is 4.01. The zero-order chi connectivity index (χ0) is 23.7. The molecule has 0 bridgehead atoms. The number of benzene rings is 4. The van der Waals surface area contributed by atoms with Crippen molar-refractivity contribution in [2.75, 3.05) is 4.90 Å². The Labute approximate surface area is 197 Å². The maximum Gasteiger partial charge on any atom is 0.332 e. The SMILES string of the molecule is N=C(N)c1ccc(C[C@H]2C(=O)N(c3ccccc3)C(=O)N2Cc2ccc3ccccc3c2)cc1. The summed E-state index contributed by atoms with van der Waals surface area (Å²) in [6.07, 6.45) is 0.375. The van der Waals surface area contributed by atoms with Gasteiger partial charge in [0.2, 0.25) is 0 Å². The number of para-hydroxylation sites is 1. The molecule has 5 rings (SSSR count). The first-order valence-corrected chi connectivity index (χ1v) is 11.1. The van der Waals surface area contributed by atoms with E-state index in [1.807, 2.05) is 66.7 Å². The fourth-order valence-corrected chi connectivity index (χ4v) is 4.41. The highest BCUT2D eigenvalue weighted by atomic mass is 16.2. The third-order valence-corrected chi connectivity index (χ3v) is 6.19. The third-order valence-electron chi connectivity index (χ3n) is 6.19. The van der Waals surface area contributed by atoms with E-state index in [2.05, 4.69) is 6.07 Å². The lowest BCUT2D eigenvalue weighted by molar-refractivity contribution is -0.119. The minimum absolute atomic E-state index is 0.00754. The Morgan fingerprint density at radius 1 is 0.794 bits per heavy atom. The Balaban J connectivity index is 1.49. The predicted molar refractivity (Wildman–Crippen MR) is 134 cm³/mol. The molecular formula is C28H24N4O2. The average molecular weight is 449 g/mol. The molecule has 4 aromatic rings. The molecule has 168 valence electrons. The lowest BCUT2D eigenvalue weighted by atomic mass is 10.0. The van der Waals surface area contributed by atoms with Crippen molar-refractivity contribution >= 4 is 34.2 Å². The van der Waals surface area contributed by atoms with Gasteiger partial charge in [-0.2, -0.15) is 0 Å². The van der Waals surface area contributed by atoms with Gasteiger partial charge in [0, 0.05) is 18.5 Å². The summed E-state index contributed by atoms with van der Waals surface area (Å²) in [5.74, 6) is -0.250. The molecule has 1 atom stereocenters. The number of nitrogen functional groups attached to an aromatic ring is 1. The van der Waals surface area contributed by atoms with Gasteiger partial charge < -0.3 is 10.6 Å². The molecule has 0 aliphatic carbocycles. The van der Waals surface area contributed by atoms with Crippen LogP contribution in [0.1, 0.15) is 16.7 Å².